The van der Waals surface area contributed by atoms with Crippen molar-refractivity contribution in [2.45, 2.75) is 42.9 Å². The van der Waals surface area contributed by atoms with Crippen molar-refractivity contribution < 1.29 is 63.4 Å². The molecule has 2 aromatic carbocycles. The molecule has 0 radical (unpaired) electrons. The molecule has 0 amide bonds. The molecule has 0 unspecified atom stereocenters. The van der Waals surface area contributed by atoms with Crippen LogP contribution in [-0.4, -0.2) is 104 Å². The van der Waals surface area contributed by atoms with Gasteiger partial charge in [-0.05, 0) is 35.4 Å². The van der Waals surface area contributed by atoms with Gasteiger partial charge >= 0.3 is 0 Å². The molecule has 0 aliphatic carbocycles. The number of methoxy groups -OCH3 is 4. The molecule has 3 heterocycles. The van der Waals surface area contributed by atoms with Gasteiger partial charge in [-0.1, -0.05) is 0 Å². The van der Waals surface area contributed by atoms with Gasteiger partial charge in [0.05, 0.1) is 60.5 Å². The van der Waals surface area contributed by atoms with Crippen LogP contribution in [0.5, 0.6) is 34.5 Å². The van der Waals surface area contributed by atoms with Crippen LogP contribution in [0.4, 0.5) is 0 Å². The quantitative estimate of drug-likeness (QED) is 0.280. The van der Waals surface area contributed by atoms with Gasteiger partial charge in [0.25, 0.3) is 0 Å². The van der Waals surface area contributed by atoms with E-state index in [1.807, 2.05) is 0 Å². The van der Waals surface area contributed by atoms with Crippen molar-refractivity contribution in [2.75, 3.05) is 48.3 Å². The number of ether oxygens (including phenoxy) is 8. The maximum Gasteiger partial charge on any atom is 0.229 e. The van der Waals surface area contributed by atoms with Gasteiger partial charge in [0, 0.05) is 11.8 Å². The van der Waals surface area contributed by atoms with E-state index in [1.165, 1.54) is 28.4 Å². The fourth-order valence-corrected chi connectivity index (χ4v) is 5.77. The summed E-state index contributed by atoms with van der Waals surface area (Å²) in [5.41, 5.74) is 1.55. The Labute approximate surface area is 236 Å². The number of hydrogen-bond donors (Lipinski definition) is 5. The average Bonchev–Trinajstić information content (AvgIpc) is 3.60. The second-order valence-corrected chi connectivity index (χ2v) is 10.2. The van der Waals surface area contributed by atoms with Crippen LogP contribution >= 0.6 is 0 Å². The number of fused-ring (bicyclic) bond motifs is 1. The van der Waals surface area contributed by atoms with E-state index in [1.54, 1.807) is 24.3 Å². The van der Waals surface area contributed by atoms with E-state index in [0.29, 0.717) is 13.2 Å². The van der Waals surface area contributed by atoms with Gasteiger partial charge in [-0.25, -0.2) is 0 Å². The second-order valence-electron chi connectivity index (χ2n) is 10.2. The lowest BCUT2D eigenvalue weighted by molar-refractivity contribution is -0.277. The summed E-state index contributed by atoms with van der Waals surface area (Å²) in [6, 6.07) is 6.93. The molecule has 3 aliphatic rings. The number of benzene rings is 2. The lowest BCUT2D eigenvalue weighted by atomic mass is 9.84. The summed E-state index contributed by atoms with van der Waals surface area (Å²) in [5, 5.41) is 50.5. The largest absolute Gasteiger partial charge is 0.502 e. The first-order chi connectivity index (χ1) is 19.8. The van der Waals surface area contributed by atoms with Gasteiger partial charge in [0.1, 0.15) is 24.4 Å². The summed E-state index contributed by atoms with van der Waals surface area (Å²) >= 11 is 0. The van der Waals surface area contributed by atoms with E-state index in [4.69, 9.17) is 37.9 Å². The first-order valence-electron chi connectivity index (χ1n) is 13.2. The third-order valence-electron chi connectivity index (χ3n) is 7.99. The van der Waals surface area contributed by atoms with Crippen LogP contribution in [-0.2, 0) is 14.2 Å². The Morgan fingerprint density at radius 1 is 0.707 bits per heavy atom. The minimum Gasteiger partial charge on any atom is -0.502 e. The van der Waals surface area contributed by atoms with E-state index in [-0.39, 0.29) is 58.5 Å². The molecule has 5 N–H and O–H groups in total. The van der Waals surface area contributed by atoms with E-state index < -0.39 is 37.3 Å². The number of aliphatic hydroxyl groups excluding tert-OH is 4. The van der Waals surface area contributed by atoms with E-state index in [9.17, 15) is 25.5 Å². The summed E-state index contributed by atoms with van der Waals surface area (Å²) in [7, 11) is 5.82. The molecule has 226 valence electrons. The number of phenols is 1. The summed E-state index contributed by atoms with van der Waals surface area (Å²) in [4.78, 5) is 0. The second kappa shape index (κ2) is 12.1. The number of aromatic hydroxyl groups is 1. The van der Waals surface area contributed by atoms with Gasteiger partial charge < -0.3 is 63.4 Å². The summed E-state index contributed by atoms with van der Waals surface area (Å²) in [5.74, 6) is 1.08. The Kier molecular flexibility index (Phi) is 8.66. The average molecular weight is 581 g/mol. The topological polar surface area (TPSA) is 175 Å². The van der Waals surface area contributed by atoms with Crippen LogP contribution in [0.3, 0.4) is 0 Å². The van der Waals surface area contributed by atoms with Gasteiger partial charge in [-0.15, -0.1) is 0 Å². The van der Waals surface area contributed by atoms with Crippen molar-refractivity contribution in [3.63, 3.8) is 0 Å². The minimum absolute atomic E-state index is 0.000914. The van der Waals surface area contributed by atoms with Gasteiger partial charge in [0.15, 0.2) is 23.0 Å². The highest BCUT2D eigenvalue weighted by atomic mass is 16.7. The summed E-state index contributed by atoms with van der Waals surface area (Å²) in [6.07, 6.45) is -7.96. The number of rotatable bonds is 9. The zero-order valence-corrected chi connectivity index (χ0v) is 23.1. The van der Waals surface area contributed by atoms with Crippen molar-refractivity contribution in [1.29, 1.82) is 0 Å². The predicted octanol–water partition coefficient (Wildman–Crippen LogP) is 0.680. The van der Waals surface area contributed by atoms with Gasteiger partial charge in [-0.3, -0.25) is 0 Å². The fraction of sp³-hybridized carbons (Fsp3) is 0.571. The molecule has 13 heteroatoms. The van der Waals surface area contributed by atoms with Crippen molar-refractivity contribution in [1.82, 2.24) is 0 Å². The van der Waals surface area contributed by atoms with Gasteiger partial charge in [0.2, 0.25) is 17.8 Å². The van der Waals surface area contributed by atoms with Crippen LogP contribution in [0.2, 0.25) is 0 Å². The molecule has 9 atom stereocenters. The molecule has 3 saturated heterocycles. The summed E-state index contributed by atoms with van der Waals surface area (Å²) in [6.45, 7) is 0.241. The maximum absolute atomic E-state index is 10.5. The lowest BCUT2D eigenvalue weighted by Crippen LogP contribution is -2.60. The fourth-order valence-electron chi connectivity index (χ4n) is 5.77. The predicted molar refractivity (Wildman–Crippen MR) is 140 cm³/mol. The first kappa shape index (κ1) is 29.5. The molecule has 3 aliphatic heterocycles. The molecule has 0 spiro atoms. The molecule has 0 aromatic heterocycles. The first-order valence-corrected chi connectivity index (χ1v) is 13.2. The Balaban J connectivity index is 1.40. The van der Waals surface area contributed by atoms with Crippen molar-refractivity contribution in [3.05, 3.63) is 35.4 Å². The van der Waals surface area contributed by atoms with Crippen LogP contribution in [0.15, 0.2) is 24.3 Å². The highest BCUT2D eigenvalue weighted by Gasteiger charge is 2.49. The number of hydrogen-bond acceptors (Lipinski definition) is 13. The molecule has 0 saturated carbocycles. The number of phenolic OH excluding ortho intramolecular Hbond substituents is 1. The zero-order chi connectivity index (χ0) is 29.4. The van der Waals surface area contributed by atoms with Crippen molar-refractivity contribution >= 4 is 0 Å². The minimum atomic E-state index is -1.61. The van der Waals surface area contributed by atoms with Gasteiger partial charge in [-0.2, -0.15) is 0 Å². The maximum atomic E-state index is 10.5. The Morgan fingerprint density at radius 2 is 1.17 bits per heavy atom. The van der Waals surface area contributed by atoms with Crippen LogP contribution in [0.25, 0.3) is 0 Å². The van der Waals surface area contributed by atoms with Crippen LogP contribution < -0.4 is 23.7 Å². The molecular formula is C28H36O13. The van der Waals surface area contributed by atoms with Crippen LogP contribution in [0, 0.1) is 11.8 Å². The molecular weight excluding hydrogens is 544 g/mol. The van der Waals surface area contributed by atoms with E-state index in [0.717, 1.165) is 11.1 Å². The van der Waals surface area contributed by atoms with E-state index >= 15 is 0 Å². The Morgan fingerprint density at radius 3 is 1.61 bits per heavy atom. The molecule has 41 heavy (non-hydrogen) atoms. The molecule has 3 fully saturated rings. The molecule has 13 nitrogen and oxygen atoms in total. The molecule has 0 bridgehead atoms. The Bertz CT molecular complexity index is 1170. The standard InChI is InChI=1S/C28H36O13/c1-34-16-5-12(6-17(35-2)21(16)30)25-14-10-39-26(15(14)11-38-25)13-7-18(36-3)27(19(8-13)37-4)41-28-24(33)23(32)22(31)20(9-29)40-28/h5-8,14-15,20,22-26,28-33H,9-11H2,1-4H3/t14-,15+,20+,22+,23+,24-,25+,26+,28-/m1/s1. The highest BCUT2D eigenvalue weighted by molar-refractivity contribution is 5.55. The third kappa shape index (κ3) is 5.23. The Hall–Kier alpha value is -3.04. The molecule has 5 rings (SSSR count). The zero-order valence-electron chi connectivity index (χ0n) is 23.1. The van der Waals surface area contributed by atoms with E-state index in [2.05, 4.69) is 0 Å². The smallest absolute Gasteiger partial charge is 0.229 e. The summed E-state index contributed by atoms with van der Waals surface area (Å²) < 4.78 is 45.7. The van der Waals surface area contributed by atoms with Crippen molar-refractivity contribution in [2.24, 2.45) is 11.8 Å². The monoisotopic (exact) mass is 580 g/mol. The SMILES string of the molecule is COc1cc([C@@H]2OC[C@H]3[C@H]2CO[C@H]3c2cc(OC)c(O[C@H]3O[C@@H](CO)[C@H](O)[C@H](O)[C@H]3O)c(OC)c2)cc(OC)c1O. The van der Waals surface area contributed by atoms with Crippen LogP contribution in [0.1, 0.15) is 23.3 Å². The highest BCUT2D eigenvalue weighted by Crippen LogP contribution is 2.53. The lowest BCUT2D eigenvalue weighted by Gasteiger charge is -2.39. The number of aliphatic hydroxyl groups is 4. The third-order valence-corrected chi connectivity index (χ3v) is 7.99. The normalized spacial score (nSPS) is 32.8. The van der Waals surface area contributed by atoms with Crippen molar-refractivity contribution in [3.8, 4) is 34.5 Å². The molecule has 2 aromatic rings.